The van der Waals surface area contributed by atoms with Gasteiger partial charge < -0.3 is 5.32 Å². The van der Waals surface area contributed by atoms with Gasteiger partial charge in [0.05, 0.1) is 0 Å². The summed E-state index contributed by atoms with van der Waals surface area (Å²) in [5.41, 5.74) is 0.559. The van der Waals surface area contributed by atoms with Crippen molar-refractivity contribution in [3.63, 3.8) is 0 Å². The van der Waals surface area contributed by atoms with Crippen LogP contribution in [0.15, 0.2) is 0 Å². The van der Waals surface area contributed by atoms with Crippen LogP contribution in [0.4, 0.5) is 0 Å². The minimum absolute atomic E-state index is 0.559. The van der Waals surface area contributed by atoms with Crippen LogP contribution in [-0.4, -0.2) is 12.6 Å². The van der Waals surface area contributed by atoms with Gasteiger partial charge in [0.1, 0.15) is 0 Å². The Balaban J connectivity index is 2.54. The lowest BCUT2D eigenvalue weighted by Crippen LogP contribution is -2.40. The third-order valence-corrected chi connectivity index (χ3v) is 4.35. The first kappa shape index (κ1) is 14.0. The lowest BCUT2D eigenvalue weighted by Gasteiger charge is -2.35. The largest absolute Gasteiger partial charge is 0.314 e. The Morgan fingerprint density at radius 1 is 1.25 bits per heavy atom. The highest BCUT2D eigenvalue weighted by atomic mass is 14.9. The zero-order valence-corrected chi connectivity index (χ0v) is 12.0. The van der Waals surface area contributed by atoms with E-state index in [4.69, 9.17) is 0 Å². The Labute approximate surface area is 102 Å². The van der Waals surface area contributed by atoms with Crippen LogP contribution in [0.1, 0.15) is 66.7 Å². The van der Waals surface area contributed by atoms with Crippen LogP contribution in [0, 0.1) is 17.3 Å². The van der Waals surface area contributed by atoms with Gasteiger partial charge in [-0.25, -0.2) is 0 Å². The predicted molar refractivity (Wildman–Crippen MR) is 72.7 cm³/mol. The van der Waals surface area contributed by atoms with E-state index in [-0.39, 0.29) is 0 Å². The van der Waals surface area contributed by atoms with Crippen molar-refractivity contribution in [1.82, 2.24) is 5.32 Å². The van der Waals surface area contributed by atoms with E-state index in [0.29, 0.717) is 5.41 Å². The molecule has 0 bridgehead atoms. The number of hydrogen-bond donors (Lipinski definition) is 1. The average Bonchev–Trinajstić information content (AvgIpc) is 2.52. The van der Waals surface area contributed by atoms with Gasteiger partial charge in [-0.2, -0.15) is 0 Å². The fourth-order valence-corrected chi connectivity index (χ4v) is 3.32. The molecule has 0 aliphatic heterocycles. The van der Waals surface area contributed by atoms with E-state index in [1.807, 2.05) is 0 Å². The lowest BCUT2D eigenvalue weighted by molar-refractivity contribution is 0.186. The van der Waals surface area contributed by atoms with Crippen molar-refractivity contribution in [1.29, 1.82) is 0 Å². The molecule has 2 unspecified atom stereocenters. The first-order valence-electron chi connectivity index (χ1n) is 7.20. The van der Waals surface area contributed by atoms with Crippen LogP contribution >= 0.6 is 0 Å². The molecule has 0 heterocycles. The van der Waals surface area contributed by atoms with E-state index in [2.05, 4.69) is 39.9 Å². The maximum Gasteiger partial charge on any atom is 0.0100 e. The molecule has 1 fully saturated rings. The first-order valence-corrected chi connectivity index (χ1v) is 7.20. The minimum atomic E-state index is 0.559. The van der Waals surface area contributed by atoms with Crippen molar-refractivity contribution >= 4 is 0 Å². The normalized spacial score (nSPS) is 26.2. The van der Waals surface area contributed by atoms with E-state index >= 15 is 0 Å². The number of nitrogens with one attached hydrogen (secondary N) is 1. The first-order chi connectivity index (χ1) is 7.47. The molecule has 96 valence electrons. The summed E-state index contributed by atoms with van der Waals surface area (Å²) in [7, 11) is 0. The minimum Gasteiger partial charge on any atom is -0.314 e. The smallest absolute Gasteiger partial charge is 0.0100 e. The van der Waals surface area contributed by atoms with E-state index < -0.39 is 0 Å². The molecule has 0 aromatic carbocycles. The molecular formula is C15H31N. The number of hydrogen-bond acceptors (Lipinski definition) is 1. The van der Waals surface area contributed by atoms with Crippen molar-refractivity contribution in [3.8, 4) is 0 Å². The molecule has 0 radical (unpaired) electrons. The predicted octanol–water partition coefficient (Wildman–Crippen LogP) is 4.23. The van der Waals surface area contributed by atoms with Gasteiger partial charge in [0, 0.05) is 6.04 Å². The monoisotopic (exact) mass is 225 g/mol. The quantitative estimate of drug-likeness (QED) is 0.713. The Hall–Kier alpha value is -0.0400. The van der Waals surface area contributed by atoms with Gasteiger partial charge in [-0.3, -0.25) is 0 Å². The summed E-state index contributed by atoms with van der Waals surface area (Å²) in [6, 6.07) is 0.755. The zero-order chi connectivity index (χ0) is 12.2. The molecule has 1 N–H and O–H groups in total. The van der Waals surface area contributed by atoms with E-state index in [0.717, 1.165) is 24.4 Å². The molecule has 0 amide bonds. The van der Waals surface area contributed by atoms with Crippen LogP contribution in [0.3, 0.4) is 0 Å². The van der Waals surface area contributed by atoms with Crippen LogP contribution < -0.4 is 5.32 Å². The van der Waals surface area contributed by atoms with Gasteiger partial charge >= 0.3 is 0 Å². The van der Waals surface area contributed by atoms with Gasteiger partial charge in [0.2, 0.25) is 0 Å². The molecule has 1 rings (SSSR count). The molecule has 0 aromatic rings. The van der Waals surface area contributed by atoms with Crippen LogP contribution in [0.25, 0.3) is 0 Å². The topological polar surface area (TPSA) is 12.0 Å². The highest BCUT2D eigenvalue weighted by Crippen LogP contribution is 2.45. The highest BCUT2D eigenvalue weighted by Gasteiger charge is 2.38. The highest BCUT2D eigenvalue weighted by molar-refractivity contribution is 4.92. The Morgan fingerprint density at radius 3 is 2.38 bits per heavy atom. The third kappa shape index (κ3) is 3.76. The average molecular weight is 225 g/mol. The molecule has 1 aliphatic carbocycles. The van der Waals surface area contributed by atoms with Crippen LogP contribution in [0.5, 0.6) is 0 Å². The number of rotatable bonds is 6. The SMILES string of the molecule is CCNC(CCC(C)C)C1CCCC1(C)C. The Bertz CT molecular complexity index is 196. The van der Waals surface area contributed by atoms with Crippen LogP contribution in [0.2, 0.25) is 0 Å². The molecule has 0 spiro atoms. The van der Waals surface area contributed by atoms with Crippen molar-refractivity contribution in [3.05, 3.63) is 0 Å². The standard InChI is InChI=1S/C15H31N/c1-6-16-14(10-9-12(2)3)13-8-7-11-15(13,4)5/h12-14,16H,6-11H2,1-5H3. The van der Waals surface area contributed by atoms with Crippen molar-refractivity contribution in [2.24, 2.45) is 17.3 Å². The summed E-state index contributed by atoms with van der Waals surface area (Å²) in [6.45, 7) is 13.0. The molecule has 16 heavy (non-hydrogen) atoms. The van der Waals surface area contributed by atoms with E-state index in [9.17, 15) is 0 Å². The second kappa shape index (κ2) is 6.05. The maximum atomic E-state index is 3.74. The van der Waals surface area contributed by atoms with Gasteiger partial charge in [0.15, 0.2) is 0 Å². The molecule has 0 saturated heterocycles. The summed E-state index contributed by atoms with van der Waals surface area (Å²) >= 11 is 0. The van der Waals surface area contributed by atoms with Crippen molar-refractivity contribution in [2.45, 2.75) is 72.8 Å². The van der Waals surface area contributed by atoms with Crippen molar-refractivity contribution in [2.75, 3.05) is 6.54 Å². The summed E-state index contributed by atoms with van der Waals surface area (Å²) in [4.78, 5) is 0. The molecule has 1 saturated carbocycles. The van der Waals surface area contributed by atoms with Gasteiger partial charge in [-0.1, -0.05) is 41.0 Å². The second-order valence-corrected chi connectivity index (χ2v) is 6.62. The van der Waals surface area contributed by atoms with E-state index in [1.54, 1.807) is 0 Å². The summed E-state index contributed by atoms with van der Waals surface area (Å²) in [5.74, 6) is 1.73. The van der Waals surface area contributed by atoms with E-state index in [1.165, 1.54) is 32.1 Å². The van der Waals surface area contributed by atoms with Gasteiger partial charge in [0.25, 0.3) is 0 Å². The fraction of sp³-hybridized carbons (Fsp3) is 1.00. The summed E-state index contributed by atoms with van der Waals surface area (Å²) in [6.07, 6.45) is 7.01. The second-order valence-electron chi connectivity index (χ2n) is 6.62. The molecule has 1 nitrogen and oxygen atoms in total. The molecule has 1 aliphatic rings. The third-order valence-electron chi connectivity index (χ3n) is 4.35. The van der Waals surface area contributed by atoms with Crippen LogP contribution in [-0.2, 0) is 0 Å². The molecular weight excluding hydrogens is 194 g/mol. The maximum absolute atomic E-state index is 3.74. The Kier molecular flexibility index (Phi) is 5.30. The van der Waals surface area contributed by atoms with Crippen molar-refractivity contribution < 1.29 is 0 Å². The summed E-state index contributed by atoms with van der Waals surface area (Å²) < 4.78 is 0. The lowest BCUT2D eigenvalue weighted by atomic mass is 9.76. The van der Waals surface area contributed by atoms with Gasteiger partial charge in [-0.15, -0.1) is 0 Å². The fourth-order valence-electron chi connectivity index (χ4n) is 3.32. The molecule has 0 aromatic heterocycles. The zero-order valence-electron chi connectivity index (χ0n) is 12.0. The molecule has 2 atom stereocenters. The molecule has 1 heteroatoms. The van der Waals surface area contributed by atoms with Gasteiger partial charge in [-0.05, 0) is 49.5 Å². The Morgan fingerprint density at radius 2 is 1.94 bits per heavy atom. The summed E-state index contributed by atoms with van der Waals surface area (Å²) in [5, 5.41) is 3.74.